The monoisotopic (exact) mass is 279 g/mol. The minimum Gasteiger partial charge on any atom is -0.379 e. The van der Waals surface area contributed by atoms with Crippen LogP contribution in [-0.4, -0.2) is 24.2 Å². The van der Waals surface area contributed by atoms with Crippen LogP contribution in [0.3, 0.4) is 0 Å². The Balaban J connectivity index is 1.46. The van der Waals surface area contributed by atoms with E-state index in [1.807, 2.05) is 13.8 Å². The van der Waals surface area contributed by atoms with Crippen LogP contribution in [0.2, 0.25) is 0 Å². The van der Waals surface area contributed by atoms with Gasteiger partial charge in [0, 0.05) is 18.6 Å². The molecule has 114 valence electrons. The first-order valence-electron chi connectivity index (χ1n) is 8.47. The summed E-state index contributed by atoms with van der Waals surface area (Å²) < 4.78 is 5.51. The first kappa shape index (κ1) is 14.4. The van der Waals surface area contributed by atoms with E-state index in [1.54, 1.807) is 0 Å². The molecule has 0 aromatic carbocycles. The largest absolute Gasteiger partial charge is 0.379 e. The van der Waals surface area contributed by atoms with Crippen molar-refractivity contribution in [1.82, 2.24) is 5.32 Å². The van der Waals surface area contributed by atoms with E-state index in [1.165, 1.54) is 38.5 Å². The molecule has 0 spiro atoms. The van der Waals surface area contributed by atoms with E-state index in [4.69, 9.17) is 4.74 Å². The molecule has 4 rings (SSSR count). The third-order valence-electron chi connectivity index (χ3n) is 5.44. The van der Waals surface area contributed by atoms with Gasteiger partial charge >= 0.3 is 0 Å². The second-order valence-corrected chi connectivity index (χ2v) is 7.77. The molecule has 1 amide bonds. The van der Waals surface area contributed by atoms with Crippen molar-refractivity contribution in [3.8, 4) is 0 Å². The van der Waals surface area contributed by atoms with Gasteiger partial charge in [0.2, 0.25) is 5.91 Å². The molecule has 0 aromatic rings. The maximum atomic E-state index is 12.2. The topological polar surface area (TPSA) is 38.3 Å². The van der Waals surface area contributed by atoms with Crippen LogP contribution >= 0.6 is 0 Å². The molecule has 0 heterocycles. The summed E-state index contributed by atoms with van der Waals surface area (Å²) in [6.45, 7) is 4.77. The lowest BCUT2D eigenvalue weighted by atomic mass is 9.53. The Morgan fingerprint density at radius 1 is 1.15 bits per heavy atom. The number of hydrogen-bond donors (Lipinski definition) is 1. The van der Waals surface area contributed by atoms with Crippen molar-refractivity contribution < 1.29 is 9.53 Å². The molecule has 0 aliphatic heterocycles. The van der Waals surface area contributed by atoms with E-state index in [0.29, 0.717) is 13.0 Å². The quantitative estimate of drug-likeness (QED) is 0.758. The minimum absolute atomic E-state index is 0.171. The van der Waals surface area contributed by atoms with Crippen LogP contribution in [0.4, 0.5) is 0 Å². The van der Waals surface area contributed by atoms with Gasteiger partial charge in [-0.1, -0.05) is 0 Å². The van der Waals surface area contributed by atoms with Gasteiger partial charge in [-0.25, -0.2) is 0 Å². The summed E-state index contributed by atoms with van der Waals surface area (Å²) in [4.78, 5) is 12.2. The Labute approximate surface area is 122 Å². The van der Waals surface area contributed by atoms with Crippen molar-refractivity contribution in [2.24, 2.45) is 17.8 Å². The lowest BCUT2D eigenvalue weighted by Gasteiger charge is -2.56. The lowest BCUT2D eigenvalue weighted by molar-refractivity contribution is -0.127. The van der Waals surface area contributed by atoms with Gasteiger partial charge in [0.05, 0.1) is 6.10 Å². The summed E-state index contributed by atoms with van der Waals surface area (Å²) in [7, 11) is 0. The van der Waals surface area contributed by atoms with Crippen molar-refractivity contribution in [3.63, 3.8) is 0 Å². The van der Waals surface area contributed by atoms with Crippen molar-refractivity contribution in [1.29, 1.82) is 0 Å². The Morgan fingerprint density at radius 2 is 1.70 bits per heavy atom. The van der Waals surface area contributed by atoms with E-state index < -0.39 is 0 Å². The van der Waals surface area contributed by atoms with Gasteiger partial charge < -0.3 is 10.1 Å². The smallest absolute Gasteiger partial charge is 0.220 e. The second kappa shape index (κ2) is 5.67. The Morgan fingerprint density at radius 3 is 2.20 bits per heavy atom. The predicted molar refractivity (Wildman–Crippen MR) is 79.4 cm³/mol. The number of ether oxygens (including phenoxy) is 1. The van der Waals surface area contributed by atoms with E-state index in [2.05, 4.69) is 5.32 Å². The number of rotatable bonds is 6. The number of carbonyl (C=O) groups excluding carboxylic acids is 1. The van der Waals surface area contributed by atoms with Gasteiger partial charge in [-0.15, -0.1) is 0 Å². The molecule has 0 saturated heterocycles. The highest BCUT2D eigenvalue weighted by atomic mass is 16.5. The third kappa shape index (κ3) is 3.19. The zero-order valence-electron chi connectivity index (χ0n) is 13.0. The molecule has 3 heteroatoms. The molecular weight excluding hydrogens is 250 g/mol. The van der Waals surface area contributed by atoms with Crippen LogP contribution in [0, 0.1) is 17.8 Å². The molecule has 4 aliphatic carbocycles. The van der Waals surface area contributed by atoms with E-state index in [-0.39, 0.29) is 17.6 Å². The normalized spacial score (nSPS) is 38.5. The summed E-state index contributed by atoms with van der Waals surface area (Å²) in [6, 6.07) is 0. The fourth-order valence-electron chi connectivity index (χ4n) is 5.17. The van der Waals surface area contributed by atoms with Gasteiger partial charge in [0.25, 0.3) is 0 Å². The van der Waals surface area contributed by atoms with Crippen molar-refractivity contribution in [2.45, 2.75) is 76.9 Å². The third-order valence-corrected chi connectivity index (χ3v) is 5.44. The summed E-state index contributed by atoms with van der Waals surface area (Å²) in [5.41, 5.74) is 0.171. The van der Waals surface area contributed by atoms with Crippen molar-refractivity contribution >= 4 is 5.91 Å². The average molecular weight is 279 g/mol. The van der Waals surface area contributed by atoms with Gasteiger partial charge in [-0.2, -0.15) is 0 Å². The molecule has 4 fully saturated rings. The highest BCUT2D eigenvalue weighted by Gasteiger charge is 2.51. The first-order valence-corrected chi connectivity index (χ1v) is 8.47. The van der Waals surface area contributed by atoms with Gasteiger partial charge in [-0.3, -0.25) is 4.79 Å². The zero-order valence-corrected chi connectivity index (χ0v) is 13.0. The average Bonchev–Trinajstić information content (AvgIpc) is 2.32. The van der Waals surface area contributed by atoms with Crippen LogP contribution in [-0.2, 0) is 9.53 Å². The molecule has 4 bridgehead atoms. The van der Waals surface area contributed by atoms with Crippen molar-refractivity contribution in [2.75, 3.05) is 6.61 Å². The van der Waals surface area contributed by atoms with Crippen LogP contribution < -0.4 is 5.32 Å². The number of amides is 1. The first-order chi connectivity index (χ1) is 9.55. The minimum atomic E-state index is 0.171. The maximum Gasteiger partial charge on any atom is 0.220 e. The van der Waals surface area contributed by atoms with E-state index in [0.717, 1.165) is 24.2 Å². The molecule has 0 aromatic heterocycles. The molecule has 4 saturated carbocycles. The fraction of sp³-hybridized carbons (Fsp3) is 0.941. The Hall–Kier alpha value is -0.570. The molecule has 20 heavy (non-hydrogen) atoms. The summed E-state index contributed by atoms with van der Waals surface area (Å²) in [5, 5.41) is 3.42. The lowest BCUT2D eigenvalue weighted by Crippen LogP contribution is -2.59. The number of nitrogens with one attached hydrogen (secondary N) is 1. The van der Waals surface area contributed by atoms with E-state index in [9.17, 15) is 4.79 Å². The maximum absolute atomic E-state index is 12.2. The molecular formula is C17H29NO2. The molecule has 3 nitrogen and oxygen atoms in total. The van der Waals surface area contributed by atoms with Crippen LogP contribution in [0.5, 0.6) is 0 Å². The second-order valence-electron chi connectivity index (χ2n) is 7.77. The molecule has 0 unspecified atom stereocenters. The molecule has 0 atom stereocenters. The molecule has 0 radical (unpaired) electrons. The van der Waals surface area contributed by atoms with Crippen LogP contribution in [0.25, 0.3) is 0 Å². The number of hydrogen-bond acceptors (Lipinski definition) is 2. The van der Waals surface area contributed by atoms with Gasteiger partial charge in [0.1, 0.15) is 0 Å². The predicted octanol–water partition coefficient (Wildman–Crippen LogP) is 3.28. The van der Waals surface area contributed by atoms with E-state index >= 15 is 0 Å². The summed E-state index contributed by atoms with van der Waals surface area (Å²) >= 11 is 0. The SMILES string of the molecule is CC(C)OCCCC(=O)NC12CC3CC(CC(C3)C1)C2. The van der Waals surface area contributed by atoms with Crippen LogP contribution in [0.15, 0.2) is 0 Å². The highest BCUT2D eigenvalue weighted by molar-refractivity contribution is 5.76. The summed E-state index contributed by atoms with van der Waals surface area (Å²) in [6.07, 6.45) is 9.74. The van der Waals surface area contributed by atoms with Crippen LogP contribution in [0.1, 0.15) is 65.2 Å². The van der Waals surface area contributed by atoms with Gasteiger partial charge in [-0.05, 0) is 76.5 Å². The summed E-state index contributed by atoms with van der Waals surface area (Å²) in [5.74, 6) is 2.93. The fourth-order valence-corrected chi connectivity index (χ4v) is 5.17. The van der Waals surface area contributed by atoms with Gasteiger partial charge in [0.15, 0.2) is 0 Å². The Bertz CT molecular complexity index is 329. The standard InChI is InChI=1S/C17H29NO2/c1-12(2)20-5-3-4-16(19)18-17-9-13-6-14(10-17)8-15(7-13)11-17/h12-15H,3-11H2,1-2H3,(H,18,19). The highest BCUT2D eigenvalue weighted by Crippen LogP contribution is 2.55. The zero-order chi connectivity index (χ0) is 14.2. The molecule has 1 N–H and O–H groups in total. The van der Waals surface area contributed by atoms with Crippen molar-refractivity contribution in [3.05, 3.63) is 0 Å². The molecule has 4 aliphatic rings. The Kier molecular flexibility index (Phi) is 4.07. The number of carbonyl (C=O) groups is 1.